The molecule has 0 bridgehead atoms. The standard InChI is InChI=1S/C19H15N3O4/c1-25-15-4-2-3-12(7-15)9-22-10-14(11-23)16-8-13(5-6-17(16)22)18-20-19(24)26-21-18/h2-8,10-11H,9H2,1H3,(H,20,21,24). The predicted molar refractivity (Wildman–Crippen MR) is 95.5 cm³/mol. The highest BCUT2D eigenvalue weighted by molar-refractivity contribution is 5.99. The number of carbonyl (C=O) groups excluding carboxylic acids is 1. The molecule has 0 aliphatic heterocycles. The quantitative estimate of drug-likeness (QED) is 0.560. The van der Waals surface area contributed by atoms with Crippen molar-refractivity contribution >= 4 is 17.2 Å². The maximum absolute atomic E-state index is 11.5. The van der Waals surface area contributed by atoms with Gasteiger partial charge in [-0.2, -0.15) is 0 Å². The molecule has 130 valence electrons. The summed E-state index contributed by atoms with van der Waals surface area (Å²) in [5.74, 6) is 0.493. The maximum Gasteiger partial charge on any atom is 0.439 e. The fraction of sp³-hybridized carbons (Fsp3) is 0.105. The average molecular weight is 349 g/mol. The van der Waals surface area contributed by atoms with Gasteiger partial charge in [-0.1, -0.05) is 17.3 Å². The lowest BCUT2D eigenvalue weighted by Gasteiger charge is -2.08. The molecule has 2 aromatic heterocycles. The Hall–Kier alpha value is -3.61. The predicted octanol–water partition coefficient (Wildman–Crippen LogP) is 2.85. The van der Waals surface area contributed by atoms with Crippen LogP contribution in [0, 0.1) is 0 Å². The van der Waals surface area contributed by atoms with Crippen LogP contribution >= 0.6 is 0 Å². The van der Waals surface area contributed by atoms with E-state index in [0.717, 1.165) is 28.5 Å². The zero-order chi connectivity index (χ0) is 18.1. The number of aromatic amines is 1. The van der Waals surface area contributed by atoms with E-state index in [0.29, 0.717) is 23.5 Å². The number of hydrogen-bond donors (Lipinski definition) is 1. The molecule has 0 radical (unpaired) electrons. The summed E-state index contributed by atoms with van der Waals surface area (Å²) in [6.45, 7) is 0.599. The summed E-state index contributed by atoms with van der Waals surface area (Å²) >= 11 is 0. The molecule has 4 aromatic rings. The van der Waals surface area contributed by atoms with E-state index in [9.17, 15) is 9.59 Å². The molecule has 2 aromatic carbocycles. The van der Waals surface area contributed by atoms with Crippen molar-refractivity contribution in [1.82, 2.24) is 14.7 Å². The fourth-order valence-corrected chi connectivity index (χ4v) is 3.02. The monoisotopic (exact) mass is 349 g/mol. The van der Waals surface area contributed by atoms with Gasteiger partial charge in [-0.3, -0.25) is 14.3 Å². The molecule has 4 rings (SSSR count). The van der Waals surface area contributed by atoms with Gasteiger partial charge in [0.25, 0.3) is 0 Å². The summed E-state index contributed by atoms with van der Waals surface area (Å²) in [4.78, 5) is 25.2. The summed E-state index contributed by atoms with van der Waals surface area (Å²) in [6, 6.07) is 13.3. The Morgan fingerprint density at radius 1 is 1.27 bits per heavy atom. The molecule has 0 saturated heterocycles. The highest BCUT2D eigenvalue weighted by Crippen LogP contribution is 2.26. The van der Waals surface area contributed by atoms with Gasteiger partial charge >= 0.3 is 5.76 Å². The number of carbonyl (C=O) groups is 1. The molecule has 0 saturated carbocycles. The third-order valence-corrected chi connectivity index (χ3v) is 4.24. The van der Waals surface area contributed by atoms with Crippen LogP contribution in [-0.4, -0.2) is 28.1 Å². The third kappa shape index (κ3) is 2.79. The minimum atomic E-state index is -0.619. The molecular formula is C19H15N3O4. The van der Waals surface area contributed by atoms with E-state index < -0.39 is 5.76 Å². The lowest BCUT2D eigenvalue weighted by atomic mass is 10.1. The Bertz CT molecular complexity index is 1150. The first kappa shape index (κ1) is 15.9. The lowest BCUT2D eigenvalue weighted by Crippen LogP contribution is -1.98. The molecule has 1 N–H and O–H groups in total. The Morgan fingerprint density at radius 2 is 2.15 bits per heavy atom. The molecule has 26 heavy (non-hydrogen) atoms. The molecule has 7 nitrogen and oxygen atoms in total. The molecule has 0 unspecified atom stereocenters. The second kappa shape index (κ2) is 6.36. The van der Waals surface area contributed by atoms with Crippen LogP contribution in [0.1, 0.15) is 15.9 Å². The van der Waals surface area contributed by atoms with Gasteiger partial charge in [-0.25, -0.2) is 4.79 Å². The zero-order valence-electron chi connectivity index (χ0n) is 13.9. The second-order valence-electron chi connectivity index (χ2n) is 5.86. The first-order valence-corrected chi connectivity index (χ1v) is 7.95. The van der Waals surface area contributed by atoms with Gasteiger partial charge < -0.3 is 9.30 Å². The van der Waals surface area contributed by atoms with Crippen LogP contribution in [0.5, 0.6) is 5.75 Å². The van der Waals surface area contributed by atoms with E-state index in [-0.39, 0.29) is 0 Å². The van der Waals surface area contributed by atoms with E-state index in [1.54, 1.807) is 7.11 Å². The molecule has 0 spiro atoms. The molecule has 0 atom stereocenters. The number of hydrogen-bond acceptors (Lipinski definition) is 5. The van der Waals surface area contributed by atoms with Gasteiger partial charge in [0.15, 0.2) is 12.1 Å². The number of ether oxygens (including phenoxy) is 1. The van der Waals surface area contributed by atoms with Crippen LogP contribution in [0.15, 0.2) is 58.0 Å². The largest absolute Gasteiger partial charge is 0.497 e. The van der Waals surface area contributed by atoms with Crippen molar-refractivity contribution in [2.45, 2.75) is 6.54 Å². The van der Waals surface area contributed by atoms with E-state index in [4.69, 9.17) is 4.74 Å². The number of H-pyrrole nitrogens is 1. The molecule has 7 heteroatoms. The van der Waals surface area contributed by atoms with Crippen molar-refractivity contribution in [2.75, 3.05) is 7.11 Å². The molecule has 0 fully saturated rings. The maximum atomic E-state index is 11.5. The third-order valence-electron chi connectivity index (χ3n) is 4.24. The topological polar surface area (TPSA) is 90.1 Å². The lowest BCUT2D eigenvalue weighted by molar-refractivity contribution is 0.112. The van der Waals surface area contributed by atoms with Crippen LogP contribution in [0.25, 0.3) is 22.3 Å². The summed E-state index contributed by atoms with van der Waals surface area (Å²) in [5.41, 5.74) is 3.20. The van der Waals surface area contributed by atoms with Crippen molar-refractivity contribution in [3.8, 4) is 17.1 Å². The number of fused-ring (bicyclic) bond motifs is 1. The Kier molecular flexibility index (Phi) is 3.89. The molecule has 0 aliphatic carbocycles. The number of nitrogens with zero attached hydrogens (tertiary/aromatic N) is 2. The first-order chi connectivity index (χ1) is 12.7. The number of aldehydes is 1. The highest BCUT2D eigenvalue weighted by Gasteiger charge is 2.12. The van der Waals surface area contributed by atoms with Gasteiger partial charge in [0.05, 0.1) is 7.11 Å². The van der Waals surface area contributed by atoms with Crippen molar-refractivity contribution in [3.05, 3.63) is 70.3 Å². The Labute approximate surface area is 147 Å². The van der Waals surface area contributed by atoms with Crippen LogP contribution in [0.3, 0.4) is 0 Å². The van der Waals surface area contributed by atoms with Crippen molar-refractivity contribution in [3.63, 3.8) is 0 Å². The van der Waals surface area contributed by atoms with E-state index >= 15 is 0 Å². The van der Waals surface area contributed by atoms with Gasteiger partial charge in [-0.05, 0) is 35.9 Å². The van der Waals surface area contributed by atoms with Crippen molar-refractivity contribution < 1.29 is 14.1 Å². The number of methoxy groups -OCH3 is 1. The minimum Gasteiger partial charge on any atom is -0.497 e. The smallest absolute Gasteiger partial charge is 0.439 e. The normalized spacial score (nSPS) is 11.0. The first-order valence-electron chi connectivity index (χ1n) is 7.95. The van der Waals surface area contributed by atoms with Crippen LogP contribution in [0.4, 0.5) is 0 Å². The highest BCUT2D eigenvalue weighted by atomic mass is 16.5. The SMILES string of the molecule is COc1cccc(Cn2cc(C=O)c3cc(-c4noc(=O)[nH]4)ccc32)c1. The summed E-state index contributed by atoms with van der Waals surface area (Å²) in [5, 5.41) is 4.47. The van der Waals surface area contributed by atoms with Crippen molar-refractivity contribution in [2.24, 2.45) is 0 Å². The van der Waals surface area contributed by atoms with E-state index in [2.05, 4.69) is 14.7 Å². The van der Waals surface area contributed by atoms with Gasteiger partial charge in [0.2, 0.25) is 0 Å². The average Bonchev–Trinajstić information content (AvgIpc) is 3.25. The number of aromatic nitrogens is 3. The number of benzene rings is 2. The molecule has 0 amide bonds. The van der Waals surface area contributed by atoms with Crippen LogP contribution < -0.4 is 10.5 Å². The van der Waals surface area contributed by atoms with Crippen LogP contribution in [-0.2, 0) is 6.54 Å². The van der Waals surface area contributed by atoms with E-state index in [1.165, 1.54) is 0 Å². The second-order valence-corrected chi connectivity index (χ2v) is 5.86. The number of nitrogens with one attached hydrogen (secondary N) is 1. The van der Waals surface area contributed by atoms with Gasteiger partial charge in [-0.15, -0.1) is 0 Å². The minimum absolute atomic E-state index is 0.328. The molecule has 0 aliphatic rings. The van der Waals surface area contributed by atoms with Gasteiger partial charge in [0.1, 0.15) is 5.75 Å². The number of rotatable bonds is 5. The molecule has 2 heterocycles. The Balaban J connectivity index is 1.78. The van der Waals surface area contributed by atoms with Gasteiger partial charge in [0, 0.05) is 34.8 Å². The summed E-state index contributed by atoms with van der Waals surface area (Å²) in [6.07, 6.45) is 2.63. The van der Waals surface area contributed by atoms with E-state index in [1.807, 2.05) is 53.2 Å². The summed E-state index contributed by atoms with van der Waals surface area (Å²) in [7, 11) is 1.63. The van der Waals surface area contributed by atoms with Crippen molar-refractivity contribution in [1.29, 1.82) is 0 Å². The molecular weight excluding hydrogens is 334 g/mol. The summed E-state index contributed by atoms with van der Waals surface area (Å²) < 4.78 is 11.8. The zero-order valence-corrected chi connectivity index (χ0v) is 13.9. The fourth-order valence-electron chi connectivity index (χ4n) is 3.02. The Morgan fingerprint density at radius 3 is 2.88 bits per heavy atom. The van der Waals surface area contributed by atoms with Crippen LogP contribution in [0.2, 0.25) is 0 Å².